The number of nitrogens with zero attached hydrogens (tertiary/aromatic N) is 2. The van der Waals surface area contributed by atoms with Crippen molar-refractivity contribution in [2.45, 2.75) is 6.42 Å². The number of aliphatic hydroxyl groups is 1. The fraction of sp³-hybridized carbons (Fsp3) is 0.0909. The van der Waals surface area contributed by atoms with Crippen LogP contribution in [-0.4, -0.2) is 15.1 Å². The van der Waals surface area contributed by atoms with Gasteiger partial charge in [0.2, 0.25) is 0 Å². The van der Waals surface area contributed by atoms with E-state index in [1.165, 1.54) is 0 Å². The van der Waals surface area contributed by atoms with Gasteiger partial charge in [0.25, 0.3) is 0 Å². The highest BCUT2D eigenvalue weighted by Gasteiger charge is 1.96. The molecule has 1 aromatic heterocycles. The lowest BCUT2D eigenvalue weighted by atomic mass is 10.2. The second kappa shape index (κ2) is 3.87. The number of rotatable bonds is 2. The summed E-state index contributed by atoms with van der Waals surface area (Å²) in [6.07, 6.45) is 4.99. The first-order valence-corrected chi connectivity index (χ1v) is 4.40. The molecule has 70 valence electrons. The van der Waals surface area contributed by atoms with Gasteiger partial charge >= 0.3 is 0 Å². The summed E-state index contributed by atoms with van der Waals surface area (Å²) >= 11 is 0. The van der Waals surface area contributed by atoms with Crippen LogP contribution in [-0.2, 0) is 6.42 Å². The molecule has 0 spiro atoms. The van der Waals surface area contributed by atoms with Crippen LogP contribution in [0.5, 0.6) is 0 Å². The maximum Gasteiger partial charge on any atom is 0.0890 e. The number of allylic oxidation sites excluding steroid dienone is 1. The lowest BCUT2D eigenvalue weighted by Crippen LogP contribution is -1.90. The fourth-order valence-corrected chi connectivity index (χ4v) is 1.27. The number of fused-ring (bicyclic) bond motifs is 1. The van der Waals surface area contributed by atoms with Crippen molar-refractivity contribution >= 4 is 11.0 Å². The zero-order valence-electron chi connectivity index (χ0n) is 7.59. The van der Waals surface area contributed by atoms with Crippen molar-refractivity contribution in [3.8, 4) is 0 Å². The van der Waals surface area contributed by atoms with Crippen LogP contribution in [0.2, 0.25) is 0 Å². The van der Waals surface area contributed by atoms with E-state index in [1.807, 2.05) is 24.3 Å². The van der Waals surface area contributed by atoms with E-state index in [9.17, 15) is 0 Å². The van der Waals surface area contributed by atoms with E-state index in [4.69, 9.17) is 5.11 Å². The highest BCUT2D eigenvalue weighted by Crippen LogP contribution is 2.08. The second-order valence-corrected chi connectivity index (χ2v) is 2.94. The highest BCUT2D eigenvalue weighted by molar-refractivity contribution is 5.73. The van der Waals surface area contributed by atoms with Crippen molar-refractivity contribution < 1.29 is 5.11 Å². The standard InChI is InChI=1S/C11H10N2O/c14-7-3-4-9-8-12-10-5-1-2-6-11(10)13-9/h1-3,5-8,14H,4H2/b7-3+. The SMILES string of the molecule is O/C=C/Cc1cnc2ccccc2n1. The minimum absolute atomic E-state index is 0.605. The summed E-state index contributed by atoms with van der Waals surface area (Å²) in [6, 6.07) is 7.72. The molecule has 0 saturated carbocycles. The van der Waals surface area contributed by atoms with Crippen LogP contribution in [0.1, 0.15) is 5.69 Å². The molecule has 0 aliphatic carbocycles. The Kier molecular flexibility index (Phi) is 2.40. The van der Waals surface area contributed by atoms with E-state index in [1.54, 1.807) is 12.3 Å². The molecule has 0 amide bonds. The van der Waals surface area contributed by atoms with Crippen molar-refractivity contribution in [2.75, 3.05) is 0 Å². The molecule has 0 fully saturated rings. The number of benzene rings is 1. The average molecular weight is 186 g/mol. The molecule has 0 unspecified atom stereocenters. The van der Waals surface area contributed by atoms with Crippen molar-refractivity contribution in [2.24, 2.45) is 0 Å². The van der Waals surface area contributed by atoms with Crippen LogP contribution in [0.15, 0.2) is 42.8 Å². The van der Waals surface area contributed by atoms with Crippen molar-refractivity contribution in [1.29, 1.82) is 0 Å². The molecule has 1 N–H and O–H groups in total. The van der Waals surface area contributed by atoms with Crippen molar-refractivity contribution in [3.63, 3.8) is 0 Å². The van der Waals surface area contributed by atoms with E-state index in [2.05, 4.69) is 9.97 Å². The topological polar surface area (TPSA) is 46.0 Å². The fourth-order valence-electron chi connectivity index (χ4n) is 1.27. The smallest absolute Gasteiger partial charge is 0.0890 e. The predicted octanol–water partition coefficient (Wildman–Crippen LogP) is 2.24. The summed E-state index contributed by atoms with van der Waals surface area (Å²) in [7, 11) is 0. The Balaban J connectivity index is 2.41. The van der Waals surface area contributed by atoms with Gasteiger partial charge < -0.3 is 5.11 Å². The maximum absolute atomic E-state index is 8.51. The molecule has 2 aromatic rings. The molecular weight excluding hydrogens is 176 g/mol. The van der Waals surface area contributed by atoms with Crippen molar-refractivity contribution in [3.05, 3.63) is 48.5 Å². The Morgan fingerprint density at radius 3 is 2.79 bits per heavy atom. The zero-order valence-corrected chi connectivity index (χ0v) is 7.59. The summed E-state index contributed by atoms with van der Waals surface area (Å²) in [5.74, 6) is 0. The Labute approximate surface area is 81.8 Å². The highest BCUT2D eigenvalue weighted by atomic mass is 16.2. The molecule has 3 nitrogen and oxygen atoms in total. The molecule has 0 atom stereocenters. The first-order chi connectivity index (χ1) is 6.90. The average Bonchev–Trinajstić information content (AvgIpc) is 2.26. The van der Waals surface area contributed by atoms with Gasteiger partial charge in [-0.2, -0.15) is 0 Å². The van der Waals surface area contributed by atoms with Gasteiger partial charge in [0, 0.05) is 12.6 Å². The van der Waals surface area contributed by atoms with Crippen LogP contribution in [0.3, 0.4) is 0 Å². The van der Waals surface area contributed by atoms with E-state index >= 15 is 0 Å². The Bertz CT molecular complexity index is 466. The molecule has 3 heteroatoms. The van der Waals surface area contributed by atoms with Crippen LogP contribution in [0.4, 0.5) is 0 Å². The largest absolute Gasteiger partial charge is 0.516 e. The molecule has 0 aliphatic heterocycles. The quantitative estimate of drug-likeness (QED) is 0.731. The van der Waals surface area contributed by atoms with Gasteiger partial charge in [-0.1, -0.05) is 12.1 Å². The van der Waals surface area contributed by atoms with Gasteiger partial charge in [0.1, 0.15) is 0 Å². The summed E-state index contributed by atoms with van der Waals surface area (Å²) in [5, 5.41) is 8.51. The van der Waals surface area contributed by atoms with Gasteiger partial charge in [0.15, 0.2) is 0 Å². The molecule has 0 bridgehead atoms. The van der Waals surface area contributed by atoms with E-state index < -0.39 is 0 Å². The van der Waals surface area contributed by atoms with E-state index in [0.29, 0.717) is 6.42 Å². The van der Waals surface area contributed by atoms with Gasteiger partial charge in [-0.05, 0) is 18.2 Å². The van der Waals surface area contributed by atoms with E-state index in [0.717, 1.165) is 23.0 Å². The maximum atomic E-state index is 8.51. The van der Waals surface area contributed by atoms with Crippen molar-refractivity contribution in [1.82, 2.24) is 9.97 Å². The third-order valence-electron chi connectivity index (χ3n) is 1.93. The lowest BCUT2D eigenvalue weighted by Gasteiger charge is -1.98. The molecule has 14 heavy (non-hydrogen) atoms. The Morgan fingerprint density at radius 1 is 1.21 bits per heavy atom. The minimum atomic E-state index is 0.605. The first-order valence-electron chi connectivity index (χ1n) is 4.40. The summed E-state index contributed by atoms with van der Waals surface area (Å²) in [6.45, 7) is 0. The summed E-state index contributed by atoms with van der Waals surface area (Å²) < 4.78 is 0. The first kappa shape index (κ1) is 8.69. The van der Waals surface area contributed by atoms with Gasteiger partial charge in [-0.25, -0.2) is 4.98 Å². The van der Waals surface area contributed by atoms with Gasteiger partial charge in [0.05, 0.1) is 23.0 Å². The Hall–Kier alpha value is -1.90. The second-order valence-electron chi connectivity index (χ2n) is 2.94. The Morgan fingerprint density at radius 2 is 2.00 bits per heavy atom. The van der Waals surface area contributed by atoms with Crippen LogP contribution < -0.4 is 0 Å². The number of para-hydroxylation sites is 2. The third-order valence-corrected chi connectivity index (χ3v) is 1.93. The number of aromatic nitrogens is 2. The summed E-state index contributed by atoms with van der Waals surface area (Å²) in [5.41, 5.74) is 2.63. The molecule has 2 rings (SSSR count). The number of hydrogen-bond acceptors (Lipinski definition) is 3. The van der Waals surface area contributed by atoms with Crippen LogP contribution >= 0.6 is 0 Å². The minimum Gasteiger partial charge on any atom is -0.516 e. The normalized spacial score (nSPS) is 11.1. The molecule has 1 heterocycles. The van der Waals surface area contributed by atoms with E-state index in [-0.39, 0.29) is 0 Å². The zero-order chi connectivity index (χ0) is 9.80. The molecular formula is C11H10N2O. The van der Waals surface area contributed by atoms with Crippen LogP contribution in [0, 0.1) is 0 Å². The summed E-state index contributed by atoms with van der Waals surface area (Å²) in [4.78, 5) is 8.64. The third kappa shape index (κ3) is 1.71. The lowest BCUT2D eigenvalue weighted by molar-refractivity contribution is 0.471. The van der Waals surface area contributed by atoms with Gasteiger partial charge in [-0.15, -0.1) is 0 Å². The molecule has 0 aliphatic rings. The van der Waals surface area contributed by atoms with Gasteiger partial charge in [-0.3, -0.25) is 4.98 Å². The molecule has 0 radical (unpaired) electrons. The number of hydrogen-bond donors (Lipinski definition) is 1. The van der Waals surface area contributed by atoms with Crippen LogP contribution in [0.25, 0.3) is 11.0 Å². The molecule has 1 aromatic carbocycles. The molecule has 0 saturated heterocycles. The number of aliphatic hydroxyl groups excluding tert-OH is 1. The predicted molar refractivity (Wildman–Crippen MR) is 55.0 cm³/mol. The monoisotopic (exact) mass is 186 g/mol.